The predicted octanol–water partition coefficient (Wildman–Crippen LogP) is 1.62. The van der Waals surface area contributed by atoms with Gasteiger partial charge in [-0.15, -0.1) is 0 Å². The van der Waals surface area contributed by atoms with Crippen molar-refractivity contribution in [1.29, 1.82) is 0 Å². The molecule has 0 spiro atoms. The van der Waals surface area contributed by atoms with Gasteiger partial charge in [0.25, 0.3) is 0 Å². The van der Waals surface area contributed by atoms with Crippen LogP contribution in [0.25, 0.3) is 0 Å². The molecule has 0 atom stereocenters. The summed E-state index contributed by atoms with van der Waals surface area (Å²) in [4.78, 5) is 2.30. The smallest absolute Gasteiger partial charge is 0.0184 e. The number of unbranched alkanes of at least 4 members (excludes halogenated alkanes) is 2. The summed E-state index contributed by atoms with van der Waals surface area (Å²) in [5, 5.41) is 0. The van der Waals surface area contributed by atoms with Gasteiger partial charge in [-0.05, 0) is 39.9 Å². The third-order valence-corrected chi connectivity index (χ3v) is 1.78. The Kier molecular flexibility index (Phi) is 7.11. The van der Waals surface area contributed by atoms with Crippen molar-refractivity contribution in [2.24, 2.45) is 5.73 Å². The van der Waals surface area contributed by atoms with E-state index >= 15 is 0 Å². The molecule has 0 aliphatic carbocycles. The van der Waals surface area contributed by atoms with E-state index in [2.05, 4.69) is 25.5 Å². The molecule has 12 heavy (non-hydrogen) atoms. The number of likely N-dealkylation sites (N-methyl/N-ethyl adjacent to an activating group) is 1. The Labute approximate surface area is 76.4 Å². The van der Waals surface area contributed by atoms with Crippen LogP contribution in [0.5, 0.6) is 0 Å². The van der Waals surface area contributed by atoms with Crippen LogP contribution < -0.4 is 5.73 Å². The fourth-order valence-corrected chi connectivity index (χ4v) is 1.24. The Morgan fingerprint density at radius 2 is 2.00 bits per heavy atom. The van der Waals surface area contributed by atoms with E-state index in [0.29, 0.717) is 0 Å². The molecule has 0 aromatic carbocycles. The van der Waals surface area contributed by atoms with Gasteiger partial charge in [-0.3, -0.25) is 0 Å². The van der Waals surface area contributed by atoms with Gasteiger partial charge in [0.05, 0.1) is 0 Å². The summed E-state index contributed by atoms with van der Waals surface area (Å²) in [6, 6.07) is 0. The first-order valence-corrected chi connectivity index (χ1v) is 4.70. The average molecular weight is 170 g/mol. The normalized spacial score (nSPS) is 10.7. The molecule has 0 aromatic rings. The molecule has 0 unspecified atom stereocenters. The van der Waals surface area contributed by atoms with Crippen molar-refractivity contribution in [1.82, 2.24) is 4.90 Å². The summed E-state index contributed by atoms with van der Waals surface area (Å²) in [5.74, 6) is 0. The SMILES string of the molecule is C=C(C)CN(C)CCCCCN. The second-order valence-electron chi connectivity index (χ2n) is 3.54. The maximum Gasteiger partial charge on any atom is 0.0184 e. The number of nitrogens with two attached hydrogens (primary N) is 1. The molecule has 0 amide bonds. The fourth-order valence-electron chi connectivity index (χ4n) is 1.24. The van der Waals surface area contributed by atoms with E-state index in [-0.39, 0.29) is 0 Å². The molecule has 2 N–H and O–H groups in total. The fraction of sp³-hybridized carbons (Fsp3) is 0.800. The van der Waals surface area contributed by atoms with Crippen LogP contribution in [0.15, 0.2) is 12.2 Å². The highest BCUT2D eigenvalue weighted by Gasteiger charge is 1.96. The minimum absolute atomic E-state index is 0.824. The zero-order valence-electron chi connectivity index (χ0n) is 8.47. The van der Waals surface area contributed by atoms with E-state index in [1.165, 1.54) is 18.4 Å². The molecule has 0 saturated heterocycles. The Morgan fingerprint density at radius 3 is 2.50 bits per heavy atom. The highest BCUT2D eigenvalue weighted by Crippen LogP contribution is 1.98. The quantitative estimate of drug-likeness (QED) is 0.465. The second-order valence-corrected chi connectivity index (χ2v) is 3.54. The molecule has 2 nitrogen and oxygen atoms in total. The van der Waals surface area contributed by atoms with Gasteiger partial charge < -0.3 is 10.6 Å². The van der Waals surface area contributed by atoms with E-state index < -0.39 is 0 Å². The lowest BCUT2D eigenvalue weighted by atomic mass is 10.2. The van der Waals surface area contributed by atoms with Crippen molar-refractivity contribution in [3.05, 3.63) is 12.2 Å². The van der Waals surface area contributed by atoms with E-state index in [1.807, 2.05) is 0 Å². The molecule has 72 valence electrons. The molecular weight excluding hydrogens is 148 g/mol. The van der Waals surface area contributed by atoms with Gasteiger partial charge in [0.15, 0.2) is 0 Å². The van der Waals surface area contributed by atoms with Crippen LogP contribution in [0, 0.1) is 0 Å². The van der Waals surface area contributed by atoms with Crippen LogP contribution in [0.2, 0.25) is 0 Å². The minimum atomic E-state index is 0.824. The van der Waals surface area contributed by atoms with E-state index in [0.717, 1.165) is 26.1 Å². The van der Waals surface area contributed by atoms with Gasteiger partial charge in [0, 0.05) is 6.54 Å². The molecule has 0 aromatic heterocycles. The maximum absolute atomic E-state index is 5.40. The molecular formula is C10H22N2. The van der Waals surface area contributed by atoms with Crippen LogP contribution in [0.4, 0.5) is 0 Å². The molecule has 0 fully saturated rings. The summed E-state index contributed by atoms with van der Waals surface area (Å²) >= 11 is 0. The van der Waals surface area contributed by atoms with Gasteiger partial charge in [-0.1, -0.05) is 18.6 Å². The van der Waals surface area contributed by atoms with Crippen molar-refractivity contribution in [2.75, 3.05) is 26.7 Å². The van der Waals surface area contributed by atoms with Crippen LogP contribution in [0.3, 0.4) is 0 Å². The summed E-state index contributed by atoms with van der Waals surface area (Å²) in [5.41, 5.74) is 6.63. The number of nitrogens with zero attached hydrogens (tertiary/aromatic N) is 1. The lowest BCUT2D eigenvalue weighted by Gasteiger charge is -2.15. The van der Waals surface area contributed by atoms with Crippen molar-refractivity contribution in [3.8, 4) is 0 Å². The average Bonchev–Trinajstić information content (AvgIpc) is 1.97. The molecule has 0 aliphatic rings. The third kappa shape index (κ3) is 7.76. The first-order chi connectivity index (χ1) is 5.66. The molecule has 0 heterocycles. The zero-order chi connectivity index (χ0) is 9.40. The van der Waals surface area contributed by atoms with Crippen molar-refractivity contribution in [3.63, 3.8) is 0 Å². The highest BCUT2D eigenvalue weighted by atomic mass is 15.1. The van der Waals surface area contributed by atoms with E-state index in [4.69, 9.17) is 5.73 Å². The summed E-state index contributed by atoms with van der Waals surface area (Å²) in [6.07, 6.45) is 3.65. The van der Waals surface area contributed by atoms with Crippen molar-refractivity contribution in [2.45, 2.75) is 26.2 Å². The minimum Gasteiger partial charge on any atom is -0.330 e. The summed E-state index contributed by atoms with van der Waals surface area (Å²) in [6.45, 7) is 8.94. The van der Waals surface area contributed by atoms with E-state index in [9.17, 15) is 0 Å². The van der Waals surface area contributed by atoms with Crippen molar-refractivity contribution >= 4 is 0 Å². The molecule has 0 aliphatic heterocycles. The number of rotatable bonds is 7. The first kappa shape index (κ1) is 11.7. The maximum atomic E-state index is 5.40. The third-order valence-electron chi connectivity index (χ3n) is 1.78. The lowest BCUT2D eigenvalue weighted by Crippen LogP contribution is -2.21. The lowest BCUT2D eigenvalue weighted by molar-refractivity contribution is 0.351. The van der Waals surface area contributed by atoms with Crippen LogP contribution >= 0.6 is 0 Å². The Hall–Kier alpha value is -0.340. The van der Waals surface area contributed by atoms with Gasteiger partial charge in [-0.25, -0.2) is 0 Å². The Balaban J connectivity index is 3.19. The molecule has 2 heteroatoms. The van der Waals surface area contributed by atoms with Gasteiger partial charge in [-0.2, -0.15) is 0 Å². The Bertz CT molecular complexity index is 121. The van der Waals surface area contributed by atoms with E-state index in [1.54, 1.807) is 0 Å². The van der Waals surface area contributed by atoms with Crippen LogP contribution in [0.1, 0.15) is 26.2 Å². The zero-order valence-corrected chi connectivity index (χ0v) is 8.47. The van der Waals surface area contributed by atoms with Gasteiger partial charge in [0.1, 0.15) is 0 Å². The van der Waals surface area contributed by atoms with Crippen molar-refractivity contribution < 1.29 is 0 Å². The summed E-state index contributed by atoms with van der Waals surface area (Å²) in [7, 11) is 2.14. The van der Waals surface area contributed by atoms with Gasteiger partial charge >= 0.3 is 0 Å². The highest BCUT2D eigenvalue weighted by molar-refractivity contribution is 4.90. The largest absolute Gasteiger partial charge is 0.330 e. The van der Waals surface area contributed by atoms with Crippen LogP contribution in [-0.2, 0) is 0 Å². The predicted molar refractivity (Wildman–Crippen MR) is 55.2 cm³/mol. The molecule has 0 saturated carbocycles. The number of hydrogen-bond donors (Lipinski definition) is 1. The Morgan fingerprint density at radius 1 is 1.33 bits per heavy atom. The van der Waals surface area contributed by atoms with Crippen LogP contribution in [-0.4, -0.2) is 31.6 Å². The summed E-state index contributed by atoms with van der Waals surface area (Å²) < 4.78 is 0. The first-order valence-electron chi connectivity index (χ1n) is 4.70. The molecule has 0 rings (SSSR count). The number of hydrogen-bond acceptors (Lipinski definition) is 2. The monoisotopic (exact) mass is 170 g/mol. The standard InChI is InChI=1S/C10H22N2/c1-10(2)9-12(3)8-6-4-5-7-11/h1,4-9,11H2,2-3H3. The topological polar surface area (TPSA) is 29.3 Å². The van der Waals surface area contributed by atoms with Gasteiger partial charge in [0.2, 0.25) is 0 Å². The second kappa shape index (κ2) is 7.32. The molecule has 0 radical (unpaired) electrons. The molecule has 0 bridgehead atoms.